The molecule has 2 aromatic carbocycles. The Kier molecular flexibility index (Phi) is 6.50. The van der Waals surface area contributed by atoms with Crippen molar-refractivity contribution >= 4 is 40.6 Å². The number of aryl methyl sites for hydroxylation is 1. The van der Waals surface area contributed by atoms with Crippen molar-refractivity contribution in [2.24, 2.45) is 0 Å². The van der Waals surface area contributed by atoms with Gasteiger partial charge in [0.05, 0.1) is 5.01 Å². The third kappa shape index (κ3) is 4.91. The van der Waals surface area contributed by atoms with Gasteiger partial charge in [-0.05, 0) is 36.2 Å². The second-order valence-corrected chi connectivity index (χ2v) is 9.34. The number of thioether (sulfide) groups is 1. The SMILES string of the molecule is Cc1cc(C(=O)N2CCSCC2)ccc1NC(=O)c1csc(Cc2ccccc2)n1. The van der Waals surface area contributed by atoms with Gasteiger partial charge in [0.15, 0.2) is 0 Å². The van der Waals surface area contributed by atoms with Gasteiger partial charge in [-0.25, -0.2) is 4.98 Å². The third-order valence-electron chi connectivity index (χ3n) is 5.00. The first kappa shape index (κ1) is 20.6. The molecule has 1 saturated heterocycles. The molecule has 1 aromatic heterocycles. The van der Waals surface area contributed by atoms with E-state index in [1.54, 1.807) is 17.5 Å². The minimum atomic E-state index is -0.235. The second-order valence-electron chi connectivity index (χ2n) is 7.18. The fraction of sp³-hybridized carbons (Fsp3) is 0.261. The van der Waals surface area contributed by atoms with E-state index in [2.05, 4.69) is 22.4 Å². The lowest BCUT2D eigenvalue weighted by molar-refractivity contribution is 0.0772. The predicted octanol–water partition coefficient (Wildman–Crippen LogP) is 4.48. The Morgan fingerprint density at radius 2 is 1.87 bits per heavy atom. The number of hydrogen-bond acceptors (Lipinski definition) is 5. The lowest BCUT2D eigenvalue weighted by atomic mass is 10.1. The summed E-state index contributed by atoms with van der Waals surface area (Å²) < 4.78 is 0. The van der Waals surface area contributed by atoms with Crippen molar-refractivity contribution in [3.63, 3.8) is 0 Å². The molecule has 1 aliphatic heterocycles. The zero-order valence-electron chi connectivity index (χ0n) is 16.8. The molecule has 1 N–H and O–H groups in total. The highest BCUT2D eigenvalue weighted by molar-refractivity contribution is 7.99. The van der Waals surface area contributed by atoms with Crippen molar-refractivity contribution in [1.82, 2.24) is 9.88 Å². The van der Waals surface area contributed by atoms with Crippen LogP contribution in [0.25, 0.3) is 0 Å². The Labute approximate surface area is 184 Å². The highest BCUT2D eigenvalue weighted by Gasteiger charge is 2.19. The molecule has 0 spiro atoms. The molecule has 0 unspecified atom stereocenters. The number of nitrogens with zero attached hydrogens (tertiary/aromatic N) is 2. The minimum Gasteiger partial charge on any atom is -0.337 e. The smallest absolute Gasteiger partial charge is 0.275 e. The van der Waals surface area contributed by atoms with Crippen LogP contribution in [-0.2, 0) is 6.42 Å². The fourth-order valence-electron chi connectivity index (χ4n) is 3.34. The van der Waals surface area contributed by atoms with Gasteiger partial charge in [-0.1, -0.05) is 30.3 Å². The van der Waals surface area contributed by atoms with Crippen LogP contribution in [-0.4, -0.2) is 46.3 Å². The number of rotatable bonds is 5. The van der Waals surface area contributed by atoms with Crippen LogP contribution >= 0.6 is 23.1 Å². The highest BCUT2D eigenvalue weighted by Crippen LogP contribution is 2.21. The van der Waals surface area contributed by atoms with Crippen LogP contribution in [0, 0.1) is 6.92 Å². The summed E-state index contributed by atoms with van der Waals surface area (Å²) in [5.74, 6) is 1.79. The highest BCUT2D eigenvalue weighted by atomic mass is 32.2. The average Bonchev–Trinajstić information content (AvgIpc) is 3.24. The molecule has 2 amide bonds. The van der Waals surface area contributed by atoms with E-state index in [1.807, 2.05) is 47.9 Å². The molecule has 0 atom stereocenters. The maximum atomic E-state index is 12.7. The van der Waals surface area contributed by atoms with E-state index in [4.69, 9.17) is 0 Å². The van der Waals surface area contributed by atoms with Gasteiger partial charge in [-0.3, -0.25) is 9.59 Å². The lowest BCUT2D eigenvalue weighted by Crippen LogP contribution is -2.37. The molecular formula is C23H23N3O2S2. The van der Waals surface area contributed by atoms with Crippen LogP contribution in [0.2, 0.25) is 0 Å². The number of thiazole rings is 1. The second kappa shape index (κ2) is 9.45. The van der Waals surface area contributed by atoms with Crippen LogP contribution in [0.4, 0.5) is 5.69 Å². The van der Waals surface area contributed by atoms with Gasteiger partial charge < -0.3 is 10.2 Å². The van der Waals surface area contributed by atoms with E-state index in [0.29, 0.717) is 23.4 Å². The zero-order valence-corrected chi connectivity index (χ0v) is 18.4. The molecule has 5 nitrogen and oxygen atoms in total. The number of hydrogen-bond donors (Lipinski definition) is 1. The Morgan fingerprint density at radius 1 is 1.10 bits per heavy atom. The van der Waals surface area contributed by atoms with Crippen LogP contribution < -0.4 is 5.32 Å². The molecule has 1 aliphatic rings. The molecule has 2 heterocycles. The molecule has 0 bridgehead atoms. The van der Waals surface area contributed by atoms with E-state index < -0.39 is 0 Å². The van der Waals surface area contributed by atoms with Crippen molar-refractivity contribution in [3.05, 3.63) is 81.3 Å². The topological polar surface area (TPSA) is 62.3 Å². The van der Waals surface area contributed by atoms with E-state index in [9.17, 15) is 9.59 Å². The van der Waals surface area contributed by atoms with Crippen LogP contribution in [0.1, 0.15) is 37.0 Å². The maximum Gasteiger partial charge on any atom is 0.275 e. The Balaban J connectivity index is 1.41. The molecule has 3 aromatic rings. The summed E-state index contributed by atoms with van der Waals surface area (Å²) in [6.45, 7) is 3.48. The predicted molar refractivity (Wildman–Crippen MR) is 124 cm³/mol. The van der Waals surface area contributed by atoms with Crippen molar-refractivity contribution in [2.45, 2.75) is 13.3 Å². The summed E-state index contributed by atoms with van der Waals surface area (Å²) in [7, 11) is 0. The number of carbonyl (C=O) groups excluding carboxylic acids is 2. The van der Waals surface area contributed by atoms with Gasteiger partial charge in [0.2, 0.25) is 0 Å². The van der Waals surface area contributed by atoms with Gasteiger partial charge in [0, 0.05) is 47.6 Å². The summed E-state index contributed by atoms with van der Waals surface area (Å²) in [5.41, 5.74) is 3.80. The standard InChI is InChI=1S/C23H23N3O2S2/c1-16-13-18(23(28)26-9-11-29-12-10-26)7-8-19(16)25-22(27)20-15-30-21(24-20)14-17-5-3-2-4-6-17/h2-8,13,15H,9-12,14H2,1H3,(H,25,27). The van der Waals surface area contributed by atoms with Crippen molar-refractivity contribution in [1.29, 1.82) is 0 Å². The van der Waals surface area contributed by atoms with Gasteiger partial charge in [0.1, 0.15) is 5.69 Å². The third-order valence-corrected chi connectivity index (χ3v) is 6.79. The van der Waals surface area contributed by atoms with E-state index in [0.717, 1.165) is 35.2 Å². The average molecular weight is 438 g/mol. The lowest BCUT2D eigenvalue weighted by Gasteiger charge is -2.26. The van der Waals surface area contributed by atoms with Crippen molar-refractivity contribution in [3.8, 4) is 0 Å². The van der Waals surface area contributed by atoms with Gasteiger partial charge in [-0.15, -0.1) is 11.3 Å². The molecule has 0 saturated carbocycles. The Bertz CT molecular complexity index is 1040. The number of aromatic nitrogens is 1. The monoisotopic (exact) mass is 437 g/mol. The van der Waals surface area contributed by atoms with E-state index in [-0.39, 0.29) is 11.8 Å². The first-order valence-electron chi connectivity index (χ1n) is 9.87. The van der Waals surface area contributed by atoms with Crippen molar-refractivity contribution in [2.75, 3.05) is 29.9 Å². The molecule has 30 heavy (non-hydrogen) atoms. The Hall–Kier alpha value is -2.64. The van der Waals surface area contributed by atoms with Crippen molar-refractivity contribution < 1.29 is 9.59 Å². The molecule has 0 aliphatic carbocycles. The zero-order chi connectivity index (χ0) is 20.9. The normalized spacial score (nSPS) is 13.8. The van der Waals surface area contributed by atoms with Gasteiger partial charge in [0.25, 0.3) is 11.8 Å². The number of carbonyl (C=O) groups is 2. The van der Waals surface area contributed by atoms with Crippen LogP contribution in [0.3, 0.4) is 0 Å². The summed E-state index contributed by atoms with van der Waals surface area (Å²) >= 11 is 3.36. The molecule has 4 rings (SSSR count). The van der Waals surface area contributed by atoms with Crippen LogP contribution in [0.15, 0.2) is 53.9 Å². The van der Waals surface area contributed by atoms with E-state index in [1.165, 1.54) is 16.9 Å². The molecule has 7 heteroatoms. The number of amides is 2. The molecule has 1 fully saturated rings. The quantitative estimate of drug-likeness (QED) is 0.639. The summed E-state index contributed by atoms with van der Waals surface area (Å²) in [6.07, 6.45) is 0.712. The first-order chi connectivity index (χ1) is 14.6. The first-order valence-corrected chi connectivity index (χ1v) is 11.9. The summed E-state index contributed by atoms with van der Waals surface area (Å²) in [4.78, 5) is 31.7. The Morgan fingerprint density at radius 3 is 2.60 bits per heavy atom. The molecular weight excluding hydrogens is 414 g/mol. The largest absolute Gasteiger partial charge is 0.337 e. The molecule has 154 valence electrons. The molecule has 0 radical (unpaired) electrons. The minimum absolute atomic E-state index is 0.0568. The van der Waals surface area contributed by atoms with Crippen LogP contribution in [0.5, 0.6) is 0 Å². The van der Waals surface area contributed by atoms with E-state index >= 15 is 0 Å². The number of anilines is 1. The number of nitrogens with one attached hydrogen (secondary N) is 1. The maximum absolute atomic E-state index is 12.7. The summed E-state index contributed by atoms with van der Waals surface area (Å²) in [6, 6.07) is 15.5. The van der Waals surface area contributed by atoms with Gasteiger partial charge >= 0.3 is 0 Å². The van der Waals surface area contributed by atoms with Gasteiger partial charge in [-0.2, -0.15) is 11.8 Å². The summed E-state index contributed by atoms with van der Waals surface area (Å²) in [5, 5.41) is 5.62. The number of benzene rings is 2. The fourth-order valence-corrected chi connectivity index (χ4v) is 5.05.